The topological polar surface area (TPSA) is 54.9 Å². The van der Waals surface area contributed by atoms with Crippen molar-refractivity contribution in [2.24, 2.45) is 5.10 Å². The summed E-state index contributed by atoms with van der Waals surface area (Å²) < 4.78 is 23.2. The number of rotatable bonds is 5. The molecule has 0 heterocycles. The van der Waals surface area contributed by atoms with Crippen LogP contribution in [0.5, 0.6) is 11.5 Å². The number of anilines is 1. The molecule has 0 aliphatic heterocycles. The van der Waals surface area contributed by atoms with Crippen molar-refractivity contribution in [3.05, 3.63) is 53.8 Å². The van der Waals surface area contributed by atoms with E-state index in [1.165, 1.54) is 12.1 Å². The first-order valence-corrected chi connectivity index (χ1v) is 7.11. The molecule has 0 saturated carbocycles. The second kappa shape index (κ2) is 8.09. The van der Waals surface area contributed by atoms with E-state index in [0.29, 0.717) is 22.3 Å². The molecule has 2 aromatic rings. The van der Waals surface area contributed by atoms with Gasteiger partial charge < -0.3 is 14.8 Å². The van der Waals surface area contributed by atoms with Crippen LogP contribution < -0.4 is 20.2 Å². The van der Waals surface area contributed by atoms with Crippen molar-refractivity contribution < 1.29 is 13.9 Å². The normalized spacial score (nSPS) is 10.4. The number of benzene rings is 2. The van der Waals surface area contributed by atoms with Crippen LogP contribution in [-0.4, -0.2) is 25.5 Å². The molecule has 0 saturated heterocycles. The van der Waals surface area contributed by atoms with Crippen LogP contribution in [0.1, 0.15) is 5.56 Å². The Kier molecular flexibility index (Phi) is 5.87. The average molecular weight is 333 g/mol. The van der Waals surface area contributed by atoms with Crippen molar-refractivity contribution in [2.75, 3.05) is 19.5 Å². The van der Waals surface area contributed by atoms with Crippen molar-refractivity contribution >= 4 is 29.2 Å². The SMILES string of the molecule is COc1ccc(/C=N/NC(=S)Nc2ccc(F)cc2)cc1OC. The summed E-state index contributed by atoms with van der Waals surface area (Å²) in [5.74, 6) is 0.954. The lowest BCUT2D eigenvalue weighted by molar-refractivity contribution is 0.355. The van der Waals surface area contributed by atoms with Crippen LogP contribution in [0.3, 0.4) is 0 Å². The van der Waals surface area contributed by atoms with E-state index in [-0.39, 0.29) is 5.82 Å². The molecule has 0 aromatic heterocycles. The second-order valence-electron chi connectivity index (χ2n) is 4.45. The summed E-state index contributed by atoms with van der Waals surface area (Å²) >= 11 is 5.10. The van der Waals surface area contributed by atoms with Crippen LogP contribution in [0.4, 0.5) is 10.1 Å². The lowest BCUT2D eigenvalue weighted by Crippen LogP contribution is -2.23. The molecule has 2 rings (SSSR count). The summed E-state index contributed by atoms with van der Waals surface area (Å²) in [4.78, 5) is 0. The monoisotopic (exact) mass is 333 g/mol. The molecule has 0 spiro atoms. The number of ether oxygens (including phenoxy) is 2. The predicted octanol–water partition coefficient (Wildman–Crippen LogP) is 3.16. The first-order chi connectivity index (χ1) is 11.1. The Hall–Kier alpha value is -2.67. The predicted molar refractivity (Wildman–Crippen MR) is 92.9 cm³/mol. The standard InChI is InChI=1S/C16H16FN3O2S/c1-21-14-8-3-11(9-15(14)22-2)10-18-20-16(23)19-13-6-4-12(17)5-7-13/h3-10H,1-2H3,(H2,19,20,23)/b18-10+. The number of hydrogen-bond acceptors (Lipinski definition) is 4. The van der Waals surface area contributed by atoms with Gasteiger partial charge in [-0.1, -0.05) is 0 Å². The number of nitrogens with one attached hydrogen (secondary N) is 2. The van der Waals surface area contributed by atoms with E-state index in [1.54, 1.807) is 44.7 Å². The molecule has 0 radical (unpaired) electrons. The molecule has 23 heavy (non-hydrogen) atoms. The summed E-state index contributed by atoms with van der Waals surface area (Å²) in [5.41, 5.74) is 4.17. The van der Waals surface area contributed by atoms with Gasteiger partial charge in [0.1, 0.15) is 5.82 Å². The minimum atomic E-state index is -0.305. The summed E-state index contributed by atoms with van der Waals surface area (Å²) in [7, 11) is 3.14. The van der Waals surface area contributed by atoms with E-state index in [0.717, 1.165) is 5.56 Å². The van der Waals surface area contributed by atoms with E-state index < -0.39 is 0 Å². The fourth-order valence-corrected chi connectivity index (χ4v) is 1.96. The number of methoxy groups -OCH3 is 2. The van der Waals surface area contributed by atoms with Crippen LogP contribution in [-0.2, 0) is 0 Å². The zero-order chi connectivity index (χ0) is 16.7. The van der Waals surface area contributed by atoms with Gasteiger partial charge in [0.05, 0.1) is 20.4 Å². The minimum Gasteiger partial charge on any atom is -0.493 e. The minimum absolute atomic E-state index is 0.299. The molecule has 0 fully saturated rings. The third-order valence-electron chi connectivity index (χ3n) is 2.89. The fraction of sp³-hybridized carbons (Fsp3) is 0.125. The number of thiocarbonyl (C=S) groups is 1. The van der Waals surface area contributed by atoms with Crippen molar-refractivity contribution in [3.8, 4) is 11.5 Å². The number of hydrazone groups is 1. The number of nitrogens with zero attached hydrogens (tertiary/aromatic N) is 1. The summed E-state index contributed by atoms with van der Waals surface area (Å²) in [6.45, 7) is 0. The van der Waals surface area contributed by atoms with Gasteiger partial charge in [-0.25, -0.2) is 4.39 Å². The Morgan fingerprint density at radius 2 is 1.78 bits per heavy atom. The highest BCUT2D eigenvalue weighted by Crippen LogP contribution is 2.26. The van der Waals surface area contributed by atoms with E-state index >= 15 is 0 Å². The van der Waals surface area contributed by atoms with E-state index in [2.05, 4.69) is 15.8 Å². The highest BCUT2D eigenvalue weighted by molar-refractivity contribution is 7.80. The average Bonchev–Trinajstić information content (AvgIpc) is 2.56. The van der Waals surface area contributed by atoms with Gasteiger partial charge >= 0.3 is 0 Å². The molecule has 0 aliphatic rings. The highest BCUT2D eigenvalue weighted by atomic mass is 32.1. The van der Waals surface area contributed by atoms with Gasteiger partial charge in [-0.3, -0.25) is 5.43 Å². The van der Waals surface area contributed by atoms with E-state index in [4.69, 9.17) is 21.7 Å². The Bertz CT molecular complexity index is 705. The Morgan fingerprint density at radius 3 is 2.43 bits per heavy atom. The van der Waals surface area contributed by atoms with Gasteiger partial charge in [-0.15, -0.1) is 0 Å². The molecule has 2 N–H and O–H groups in total. The van der Waals surface area contributed by atoms with Crippen molar-refractivity contribution in [1.29, 1.82) is 0 Å². The Labute approximate surface area is 139 Å². The smallest absolute Gasteiger partial charge is 0.191 e. The summed E-state index contributed by atoms with van der Waals surface area (Å²) in [6, 6.07) is 11.3. The molecule has 0 amide bonds. The third kappa shape index (κ3) is 4.93. The van der Waals surface area contributed by atoms with Crippen LogP contribution >= 0.6 is 12.2 Å². The van der Waals surface area contributed by atoms with Crippen molar-refractivity contribution in [3.63, 3.8) is 0 Å². The fourth-order valence-electron chi connectivity index (χ4n) is 1.79. The van der Waals surface area contributed by atoms with Gasteiger partial charge in [0.2, 0.25) is 0 Å². The van der Waals surface area contributed by atoms with Crippen molar-refractivity contribution in [1.82, 2.24) is 5.43 Å². The molecular formula is C16H16FN3O2S. The lowest BCUT2D eigenvalue weighted by Gasteiger charge is -2.08. The van der Waals surface area contributed by atoms with Gasteiger partial charge in [0.25, 0.3) is 0 Å². The largest absolute Gasteiger partial charge is 0.493 e. The van der Waals surface area contributed by atoms with Crippen LogP contribution in [0, 0.1) is 5.82 Å². The van der Waals surface area contributed by atoms with Crippen LogP contribution in [0.25, 0.3) is 0 Å². The highest BCUT2D eigenvalue weighted by Gasteiger charge is 2.03. The molecule has 0 aliphatic carbocycles. The zero-order valence-electron chi connectivity index (χ0n) is 12.7. The Morgan fingerprint density at radius 1 is 1.09 bits per heavy atom. The van der Waals surface area contributed by atoms with Gasteiger partial charge in [0, 0.05) is 5.69 Å². The first-order valence-electron chi connectivity index (χ1n) is 6.70. The maximum atomic E-state index is 12.8. The number of halogens is 1. The molecule has 120 valence electrons. The van der Waals surface area contributed by atoms with Crippen molar-refractivity contribution in [2.45, 2.75) is 0 Å². The lowest BCUT2D eigenvalue weighted by atomic mass is 10.2. The first kappa shape index (κ1) is 16.7. The maximum absolute atomic E-state index is 12.8. The second-order valence-corrected chi connectivity index (χ2v) is 4.85. The quantitative estimate of drug-likeness (QED) is 0.500. The molecule has 2 aromatic carbocycles. The molecular weight excluding hydrogens is 317 g/mol. The Balaban J connectivity index is 1.93. The number of hydrogen-bond donors (Lipinski definition) is 2. The van der Waals surface area contributed by atoms with E-state index in [1.807, 2.05) is 6.07 Å². The molecule has 0 bridgehead atoms. The summed E-state index contributed by atoms with van der Waals surface area (Å²) in [6.07, 6.45) is 1.60. The molecule has 5 nitrogen and oxygen atoms in total. The van der Waals surface area contributed by atoms with Crippen LogP contribution in [0.15, 0.2) is 47.6 Å². The van der Waals surface area contributed by atoms with E-state index in [9.17, 15) is 4.39 Å². The molecule has 7 heteroatoms. The molecule has 0 atom stereocenters. The van der Waals surface area contributed by atoms with Gasteiger partial charge in [-0.2, -0.15) is 5.10 Å². The van der Waals surface area contributed by atoms with Gasteiger partial charge in [-0.05, 0) is 60.2 Å². The third-order valence-corrected chi connectivity index (χ3v) is 3.08. The zero-order valence-corrected chi connectivity index (χ0v) is 13.5. The summed E-state index contributed by atoms with van der Waals surface area (Å²) in [5, 5.41) is 7.23. The van der Waals surface area contributed by atoms with Crippen LogP contribution in [0.2, 0.25) is 0 Å². The maximum Gasteiger partial charge on any atom is 0.191 e. The molecule has 0 unspecified atom stereocenters. The van der Waals surface area contributed by atoms with Gasteiger partial charge in [0.15, 0.2) is 16.6 Å².